The first-order valence-corrected chi connectivity index (χ1v) is 12.4. The molecule has 7 rings (SSSR count). The van der Waals surface area contributed by atoms with Gasteiger partial charge in [-0.1, -0.05) is 30.3 Å². The van der Waals surface area contributed by atoms with Crippen LogP contribution in [0.2, 0.25) is 0 Å². The van der Waals surface area contributed by atoms with Crippen molar-refractivity contribution in [2.45, 2.75) is 75.4 Å². The van der Waals surface area contributed by atoms with E-state index < -0.39 is 0 Å². The van der Waals surface area contributed by atoms with Crippen LogP contribution in [0.25, 0.3) is 0 Å². The Bertz CT molecular complexity index is 923. The van der Waals surface area contributed by atoms with Crippen LogP contribution < -0.4 is 5.32 Å². The van der Waals surface area contributed by atoms with Crippen LogP contribution in [0.3, 0.4) is 0 Å². The molecule has 4 saturated carbocycles. The number of piperidine rings is 1. The molecule has 1 aromatic heterocycles. The Morgan fingerprint density at radius 1 is 1.06 bits per heavy atom. The lowest BCUT2D eigenvalue weighted by atomic mass is 9.50. The Hall–Kier alpha value is -2.28. The van der Waals surface area contributed by atoms with Crippen LogP contribution in [-0.2, 0) is 16.9 Å². The number of nitrogens with zero attached hydrogens (tertiary/aromatic N) is 5. The first-order valence-electron chi connectivity index (χ1n) is 12.4. The van der Waals surface area contributed by atoms with E-state index in [9.17, 15) is 4.79 Å². The van der Waals surface area contributed by atoms with Crippen LogP contribution in [0.5, 0.6) is 0 Å². The molecule has 4 aliphatic carbocycles. The second-order valence-corrected chi connectivity index (χ2v) is 11.1. The van der Waals surface area contributed by atoms with E-state index in [1.165, 1.54) is 12.0 Å². The van der Waals surface area contributed by atoms with Gasteiger partial charge in [0.15, 0.2) is 6.33 Å². The fraction of sp³-hybridized carbons (Fsp3) is 0.680. The van der Waals surface area contributed by atoms with E-state index in [1.807, 2.05) is 4.80 Å². The number of nitrogens with one attached hydrogen (secondary N) is 1. The van der Waals surface area contributed by atoms with Crippen LogP contribution in [0.4, 0.5) is 0 Å². The summed E-state index contributed by atoms with van der Waals surface area (Å²) < 4.78 is 0. The molecule has 1 saturated heterocycles. The molecular formula is C25H34N6O. The number of carbonyl (C=O) groups excluding carboxylic acids is 1. The topological polar surface area (TPSA) is 75.9 Å². The number of benzene rings is 1. The lowest BCUT2D eigenvalue weighted by molar-refractivity contribution is -0.132. The van der Waals surface area contributed by atoms with Crippen molar-refractivity contribution < 1.29 is 4.79 Å². The third-order valence-electron chi connectivity index (χ3n) is 8.64. The molecule has 7 nitrogen and oxygen atoms in total. The highest BCUT2D eigenvalue weighted by atomic mass is 16.1. The number of hydrogen-bond acceptors (Lipinski definition) is 5. The molecule has 1 aromatic carbocycles. The number of rotatable bonds is 6. The zero-order chi connectivity index (χ0) is 21.6. The minimum absolute atomic E-state index is 0.0450. The van der Waals surface area contributed by atoms with Crippen molar-refractivity contribution in [1.29, 1.82) is 0 Å². The zero-order valence-corrected chi connectivity index (χ0v) is 18.8. The molecule has 2 atom stereocenters. The first-order chi connectivity index (χ1) is 15.6. The van der Waals surface area contributed by atoms with Crippen molar-refractivity contribution in [3.8, 4) is 0 Å². The minimum atomic E-state index is -0.0667. The van der Waals surface area contributed by atoms with Gasteiger partial charge in [0.25, 0.3) is 0 Å². The molecule has 5 aliphatic rings. The fourth-order valence-corrected chi connectivity index (χ4v) is 7.78. The van der Waals surface area contributed by atoms with Gasteiger partial charge in [0.2, 0.25) is 5.91 Å². The quantitative estimate of drug-likeness (QED) is 0.756. The Kier molecular flexibility index (Phi) is 5.05. The summed E-state index contributed by atoms with van der Waals surface area (Å²) in [7, 11) is 0. The zero-order valence-electron chi connectivity index (χ0n) is 18.8. The smallest absolute Gasteiger partial charge is 0.220 e. The highest BCUT2D eigenvalue weighted by Gasteiger charge is 2.60. The molecule has 0 radical (unpaired) electrons. The summed E-state index contributed by atoms with van der Waals surface area (Å²) in [5.74, 6) is 2.10. The van der Waals surface area contributed by atoms with E-state index in [0.717, 1.165) is 64.6 Å². The van der Waals surface area contributed by atoms with Gasteiger partial charge in [-0.2, -0.15) is 4.80 Å². The number of amides is 1. The van der Waals surface area contributed by atoms with Gasteiger partial charge >= 0.3 is 0 Å². The molecule has 1 amide bonds. The van der Waals surface area contributed by atoms with E-state index >= 15 is 0 Å². The van der Waals surface area contributed by atoms with Gasteiger partial charge in [0.05, 0.1) is 5.54 Å². The SMILES string of the molecule is O=C(CC1CCN(Cc2ccccc2)CC1)NC12CC3CC(C1)CC(n1ncnn1)(C3)C2. The molecule has 5 fully saturated rings. The maximum Gasteiger partial charge on any atom is 0.220 e. The van der Waals surface area contributed by atoms with Crippen LogP contribution in [0.15, 0.2) is 36.7 Å². The van der Waals surface area contributed by atoms with Crippen molar-refractivity contribution in [3.63, 3.8) is 0 Å². The monoisotopic (exact) mass is 434 g/mol. The Morgan fingerprint density at radius 3 is 2.50 bits per heavy atom. The summed E-state index contributed by atoms with van der Waals surface area (Å²) in [5.41, 5.74) is 1.26. The largest absolute Gasteiger partial charge is 0.351 e. The fourth-order valence-electron chi connectivity index (χ4n) is 7.78. The van der Waals surface area contributed by atoms with Gasteiger partial charge in [0.1, 0.15) is 0 Å². The lowest BCUT2D eigenvalue weighted by Crippen LogP contribution is -2.66. The number of hydrogen-bond donors (Lipinski definition) is 1. The third kappa shape index (κ3) is 3.85. The van der Waals surface area contributed by atoms with Gasteiger partial charge in [-0.3, -0.25) is 9.69 Å². The third-order valence-corrected chi connectivity index (χ3v) is 8.64. The molecule has 0 spiro atoms. The van der Waals surface area contributed by atoms with Gasteiger partial charge in [-0.25, -0.2) is 0 Å². The van der Waals surface area contributed by atoms with Gasteiger partial charge < -0.3 is 5.32 Å². The predicted octanol–water partition coefficient (Wildman–Crippen LogP) is 3.14. The lowest BCUT2D eigenvalue weighted by Gasteiger charge is -2.61. The van der Waals surface area contributed by atoms with E-state index in [4.69, 9.17) is 0 Å². The second-order valence-electron chi connectivity index (χ2n) is 11.1. The summed E-state index contributed by atoms with van der Waals surface area (Å²) in [5, 5.41) is 16.3. The van der Waals surface area contributed by atoms with Crippen LogP contribution in [0, 0.1) is 17.8 Å². The highest BCUT2D eigenvalue weighted by molar-refractivity contribution is 5.77. The molecule has 2 unspecified atom stereocenters. The van der Waals surface area contributed by atoms with Crippen LogP contribution in [-0.4, -0.2) is 49.6 Å². The molecule has 170 valence electrons. The Morgan fingerprint density at radius 2 is 1.81 bits per heavy atom. The maximum absolute atomic E-state index is 13.2. The average Bonchev–Trinajstić information content (AvgIpc) is 3.31. The molecule has 1 aliphatic heterocycles. The van der Waals surface area contributed by atoms with Gasteiger partial charge in [-0.15, -0.1) is 10.2 Å². The van der Waals surface area contributed by atoms with Crippen molar-refractivity contribution >= 4 is 5.91 Å². The van der Waals surface area contributed by atoms with Crippen molar-refractivity contribution in [3.05, 3.63) is 42.2 Å². The van der Waals surface area contributed by atoms with Gasteiger partial charge in [0, 0.05) is 18.5 Å². The number of tetrazole rings is 1. The summed E-state index contributed by atoms with van der Waals surface area (Å²) in [6.07, 6.45) is 11.2. The van der Waals surface area contributed by atoms with E-state index in [1.54, 1.807) is 6.33 Å². The van der Waals surface area contributed by atoms with Crippen molar-refractivity contribution in [1.82, 2.24) is 30.4 Å². The Balaban J connectivity index is 1.06. The number of aromatic nitrogens is 4. The number of likely N-dealkylation sites (tertiary alicyclic amines) is 1. The molecule has 2 aromatic rings. The molecule has 32 heavy (non-hydrogen) atoms. The number of carbonyl (C=O) groups is 1. The van der Waals surface area contributed by atoms with E-state index in [-0.39, 0.29) is 17.0 Å². The standard InChI is InChI=1S/C25H34N6O/c32-23(11-19-6-8-30(9-7-19)16-20-4-2-1-3-5-20)28-24-12-21-10-22(13-24)15-25(14-21,17-24)31-27-18-26-29-31/h1-5,18-19,21-22H,6-17H2,(H,28,32). The molecule has 1 N–H and O–H groups in total. The van der Waals surface area contributed by atoms with E-state index in [0.29, 0.717) is 24.2 Å². The normalized spacial score (nSPS) is 34.6. The average molecular weight is 435 g/mol. The Labute approximate surface area is 189 Å². The van der Waals surface area contributed by atoms with Crippen molar-refractivity contribution in [2.75, 3.05) is 13.1 Å². The summed E-state index contributed by atoms with van der Waals surface area (Å²) in [4.78, 5) is 17.6. The summed E-state index contributed by atoms with van der Waals surface area (Å²) in [6, 6.07) is 10.7. The van der Waals surface area contributed by atoms with E-state index in [2.05, 4.69) is 56.0 Å². The minimum Gasteiger partial charge on any atom is -0.351 e. The maximum atomic E-state index is 13.2. The van der Waals surface area contributed by atoms with Crippen LogP contribution >= 0.6 is 0 Å². The summed E-state index contributed by atoms with van der Waals surface area (Å²) in [6.45, 7) is 3.19. The summed E-state index contributed by atoms with van der Waals surface area (Å²) >= 11 is 0. The second kappa shape index (κ2) is 7.94. The molecule has 4 bridgehead atoms. The molecule has 7 heteroatoms. The molecule has 2 heterocycles. The van der Waals surface area contributed by atoms with Crippen LogP contribution in [0.1, 0.15) is 63.4 Å². The van der Waals surface area contributed by atoms with Gasteiger partial charge in [-0.05, 0) is 93.0 Å². The predicted molar refractivity (Wildman–Crippen MR) is 120 cm³/mol. The van der Waals surface area contributed by atoms with Crippen molar-refractivity contribution in [2.24, 2.45) is 17.8 Å². The highest BCUT2D eigenvalue weighted by Crippen LogP contribution is 2.60. The first kappa shape index (κ1) is 20.3. The molecular weight excluding hydrogens is 400 g/mol.